The molecule has 1 aromatic carbocycles. The van der Waals surface area contributed by atoms with Gasteiger partial charge in [-0.05, 0) is 55.6 Å². The van der Waals surface area contributed by atoms with Crippen LogP contribution in [0.1, 0.15) is 62.2 Å². The average molecular weight is 487 g/mol. The number of sulfone groups is 1. The number of rotatable bonds is 5. The number of likely N-dealkylation sites (N-methyl/N-ethyl adjacent to an activating group) is 1. The summed E-state index contributed by atoms with van der Waals surface area (Å²) in [5.74, 6) is -0.413. The highest BCUT2D eigenvalue weighted by atomic mass is 32.2. The lowest BCUT2D eigenvalue weighted by Crippen LogP contribution is -2.43. The van der Waals surface area contributed by atoms with Crippen molar-refractivity contribution in [3.05, 3.63) is 41.1 Å². The SMILES string of the molecule is CCN(C(=O)COC(=O)c1c2c(nc3ccccc13)CC[C@H](C(C)(C)C)C2)[C@@H]1CCS(=O)(=O)C1. The molecule has 0 spiro atoms. The van der Waals surface area contributed by atoms with E-state index < -0.39 is 22.4 Å². The molecule has 0 unspecified atom stereocenters. The van der Waals surface area contributed by atoms with Crippen LogP contribution in [0.4, 0.5) is 0 Å². The van der Waals surface area contributed by atoms with Crippen LogP contribution in [0, 0.1) is 11.3 Å². The number of carbonyl (C=O) groups is 2. The molecule has 8 heteroatoms. The summed E-state index contributed by atoms with van der Waals surface area (Å²) in [5.41, 5.74) is 3.22. The molecule has 2 atom stereocenters. The van der Waals surface area contributed by atoms with Crippen molar-refractivity contribution in [1.82, 2.24) is 9.88 Å². The number of benzene rings is 1. The summed E-state index contributed by atoms with van der Waals surface area (Å²) in [6.45, 7) is 8.43. The Bertz CT molecular complexity index is 1220. The van der Waals surface area contributed by atoms with Gasteiger partial charge in [-0.1, -0.05) is 39.0 Å². The van der Waals surface area contributed by atoms with Crippen LogP contribution < -0.4 is 0 Å². The summed E-state index contributed by atoms with van der Waals surface area (Å²) >= 11 is 0. The van der Waals surface area contributed by atoms with Gasteiger partial charge >= 0.3 is 5.97 Å². The molecule has 1 amide bonds. The Labute approximate surface area is 201 Å². The van der Waals surface area contributed by atoms with E-state index in [1.165, 1.54) is 4.90 Å². The number of para-hydroxylation sites is 1. The number of nitrogens with zero attached hydrogens (tertiary/aromatic N) is 2. The Morgan fingerprint density at radius 1 is 1.18 bits per heavy atom. The number of carbonyl (C=O) groups excluding carboxylic acids is 2. The van der Waals surface area contributed by atoms with Gasteiger partial charge in [0.25, 0.3) is 5.91 Å². The third-order valence-electron chi connectivity index (χ3n) is 7.32. The second kappa shape index (κ2) is 9.29. The van der Waals surface area contributed by atoms with E-state index >= 15 is 0 Å². The van der Waals surface area contributed by atoms with Crippen molar-refractivity contribution in [2.45, 2.75) is 59.4 Å². The maximum absolute atomic E-state index is 13.4. The number of aromatic nitrogens is 1. The van der Waals surface area contributed by atoms with Gasteiger partial charge in [-0.2, -0.15) is 0 Å². The van der Waals surface area contributed by atoms with E-state index in [2.05, 4.69) is 20.8 Å². The molecule has 34 heavy (non-hydrogen) atoms. The van der Waals surface area contributed by atoms with Gasteiger partial charge in [0.1, 0.15) is 0 Å². The molecule has 1 saturated heterocycles. The number of hydrogen-bond donors (Lipinski definition) is 0. The van der Waals surface area contributed by atoms with E-state index in [0.717, 1.165) is 41.4 Å². The number of pyridine rings is 1. The van der Waals surface area contributed by atoms with Crippen molar-refractivity contribution >= 4 is 32.6 Å². The van der Waals surface area contributed by atoms with Gasteiger partial charge in [-0.3, -0.25) is 9.78 Å². The van der Waals surface area contributed by atoms with E-state index in [1.807, 2.05) is 31.2 Å². The number of esters is 1. The van der Waals surface area contributed by atoms with Crippen LogP contribution in [0.3, 0.4) is 0 Å². The highest BCUT2D eigenvalue weighted by molar-refractivity contribution is 7.91. The fourth-order valence-electron chi connectivity index (χ4n) is 5.30. The second-order valence-electron chi connectivity index (χ2n) is 10.5. The summed E-state index contributed by atoms with van der Waals surface area (Å²) < 4.78 is 29.3. The van der Waals surface area contributed by atoms with Crippen molar-refractivity contribution in [1.29, 1.82) is 0 Å². The molecule has 1 aromatic heterocycles. The lowest BCUT2D eigenvalue weighted by atomic mass is 9.70. The molecule has 0 radical (unpaired) electrons. The maximum Gasteiger partial charge on any atom is 0.339 e. The molecule has 1 aliphatic heterocycles. The monoisotopic (exact) mass is 486 g/mol. The standard InChI is InChI=1S/C26H34N2O5S/c1-5-28(18-12-13-34(31,32)16-18)23(29)15-33-25(30)24-19-8-6-7-9-21(19)27-22-11-10-17(14-20(22)24)26(2,3)4/h6-9,17-18H,5,10-16H2,1-4H3/t17-,18+/m0/s1. The fraction of sp³-hybridized carbons (Fsp3) is 0.577. The maximum atomic E-state index is 13.4. The highest BCUT2D eigenvalue weighted by Crippen LogP contribution is 2.39. The Balaban J connectivity index is 1.59. The predicted molar refractivity (Wildman–Crippen MR) is 131 cm³/mol. The van der Waals surface area contributed by atoms with Crippen molar-refractivity contribution in [3.63, 3.8) is 0 Å². The van der Waals surface area contributed by atoms with Gasteiger partial charge in [-0.15, -0.1) is 0 Å². The van der Waals surface area contributed by atoms with Crippen LogP contribution in [0.5, 0.6) is 0 Å². The molecule has 2 aromatic rings. The predicted octanol–water partition coefficient (Wildman–Crippen LogP) is 3.58. The zero-order chi connectivity index (χ0) is 24.7. The zero-order valence-corrected chi connectivity index (χ0v) is 21.3. The number of ether oxygens (including phenoxy) is 1. The Morgan fingerprint density at radius 3 is 2.56 bits per heavy atom. The van der Waals surface area contributed by atoms with E-state index in [-0.39, 0.29) is 28.9 Å². The van der Waals surface area contributed by atoms with Gasteiger partial charge in [0.15, 0.2) is 16.4 Å². The molecule has 0 bridgehead atoms. The fourth-order valence-corrected chi connectivity index (χ4v) is 7.03. The van der Waals surface area contributed by atoms with Crippen molar-refractivity contribution in [3.8, 4) is 0 Å². The molecular weight excluding hydrogens is 452 g/mol. The summed E-state index contributed by atoms with van der Waals surface area (Å²) in [4.78, 5) is 32.7. The van der Waals surface area contributed by atoms with Crippen molar-refractivity contribution in [2.24, 2.45) is 11.3 Å². The van der Waals surface area contributed by atoms with E-state index in [0.29, 0.717) is 24.4 Å². The van der Waals surface area contributed by atoms with Crippen molar-refractivity contribution < 1.29 is 22.7 Å². The number of hydrogen-bond acceptors (Lipinski definition) is 6. The molecule has 7 nitrogen and oxygen atoms in total. The minimum Gasteiger partial charge on any atom is -0.452 e. The van der Waals surface area contributed by atoms with Gasteiger partial charge < -0.3 is 9.64 Å². The molecule has 2 heterocycles. The third-order valence-corrected chi connectivity index (χ3v) is 9.08. The van der Waals surface area contributed by atoms with Gasteiger partial charge in [0.2, 0.25) is 0 Å². The van der Waals surface area contributed by atoms with Gasteiger partial charge in [-0.25, -0.2) is 13.2 Å². The molecule has 0 saturated carbocycles. The third kappa shape index (κ3) is 4.97. The molecule has 2 aliphatic rings. The minimum absolute atomic E-state index is 0.0305. The first-order valence-electron chi connectivity index (χ1n) is 12.1. The first-order chi connectivity index (χ1) is 16.0. The highest BCUT2D eigenvalue weighted by Gasteiger charge is 2.35. The summed E-state index contributed by atoms with van der Waals surface area (Å²) in [6, 6.07) is 7.19. The second-order valence-corrected chi connectivity index (χ2v) is 12.8. The normalized spacial score (nSPS) is 21.8. The van der Waals surface area contributed by atoms with E-state index in [1.54, 1.807) is 0 Å². The zero-order valence-electron chi connectivity index (χ0n) is 20.5. The molecular formula is C26H34N2O5S. The average Bonchev–Trinajstić information content (AvgIpc) is 3.14. The lowest BCUT2D eigenvalue weighted by Gasteiger charge is -2.35. The van der Waals surface area contributed by atoms with E-state index in [9.17, 15) is 18.0 Å². The quantitative estimate of drug-likeness (QED) is 0.600. The summed E-state index contributed by atoms with van der Waals surface area (Å²) in [7, 11) is -3.12. The molecule has 1 aliphatic carbocycles. The first-order valence-corrected chi connectivity index (χ1v) is 13.9. The number of amides is 1. The van der Waals surface area contributed by atoms with Gasteiger partial charge in [0.05, 0.1) is 22.6 Å². The number of aryl methyl sites for hydroxylation is 1. The lowest BCUT2D eigenvalue weighted by molar-refractivity contribution is -0.136. The molecule has 1 fully saturated rings. The Hall–Kier alpha value is -2.48. The van der Waals surface area contributed by atoms with Crippen LogP contribution in [-0.4, -0.2) is 60.9 Å². The molecule has 0 N–H and O–H groups in total. The topological polar surface area (TPSA) is 93.6 Å². The van der Waals surface area contributed by atoms with Crippen LogP contribution in [-0.2, 0) is 32.2 Å². The van der Waals surface area contributed by atoms with Crippen molar-refractivity contribution in [2.75, 3.05) is 24.7 Å². The summed E-state index contributed by atoms with van der Waals surface area (Å²) in [5, 5.41) is 0.738. The Morgan fingerprint density at radius 2 is 1.91 bits per heavy atom. The molecule has 184 valence electrons. The van der Waals surface area contributed by atoms with Crippen LogP contribution in [0.2, 0.25) is 0 Å². The Kier molecular flexibility index (Phi) is 6.73. The van der Waals surface area contributed by atoms with Crippen LogP contribution >= 0.6 is 0 Å². The van der Waals surface area contributed by atoms with E-state index in [4.69, 9.17) is 9.72 Å². The van der Waals surface area contributed by atoms with Crippen LogP contribution in [0.15, 0.2) is 24.3 Å². The summed E-state index contributed by atoms with van der Waals surface area (Å²) in [6.07, 6.45) is 2.99. The van der Waals surface area contributed by atoms with Crippen LogP contribution in [0.25, 0.3) is 10.9 Å². The van der Waals surface area contributed by atoms with Gasteiger partial charge in [0, 0.05) is 23.7 Å². The minimum atomic E-state index is -3.12. The first kappa shape index (κ1) is 24.6. The smallest absolute Gasteiger partial charge is 0.339 e. The largest absolute Gasteiger partial charge is 0.452 e. The molecule has 4 rings (SSSR count). The number of fused-ring (bicyclic) bond motifs is 2.